The van der Waals surface area contributed by atoms with E-state index >= 15 is 0 Å². The van der Waals surface area contributed by atoms with Crippen LogP contribution in [0.4, 0.5) is 0 Å². The lowest BCUT2D eigenvalue weighted by Crippen LogP contribution is -2.04. The Balaban J connectivity index is 2.17. The SMILES string of the molecule is CCc1nc(-c2ccc(OCC(C)C)cc2)sc1CC#N. The van der Waals surface area contributed by atoms with Crippen molar-refractivity contribution < 1.29 is 4.74 Å². The van der Waals surface area contributed by atoms with Crippen molar-refractivity contribution in [1.29, 1.82) is 5.26 Å². The van der Waals surface area contributed by atoms with E-state index in [0.29, 0.717) is 12.3 Å². The minimum atomic E-state index is 0.441. The number of thiazole rings is 1. The van der Waals surface area contributed by atoms with Gasteiger partial charge in [-0.25, -0.2) is 4.98 Å². The first-order valence-corrected chi connectivity index (χ1v) is 8.04. The third kappa shape index (κ3) is 4.05. The van der Waals surface area contributed by atoms with E-state index in [-0.39, 0.29) is 0 Å². The number of hydrogen-bond donors (Lipinski definition) is 0. The summed E-state index contributed by atoms with van der Waals surface area (Å²) in [5.41, 5.74) is 2.12. The Bertz CT molecular complexity index is 623. The smallest absolute Gasteiger partial charge is 0.123 e. The highest BCUT2D eigenvalue weighted by molar-refractivity contribution is 7.15. The van der Waals surface area contributed by atoms with Gasteiger partial charge < -0.3 is 4.74 Å². The van der Waals surface area contributed by atoms with E-state index in [1.165, 1.54) is 0 Å². The normalized spacial score (nSPS) is 10.6. The second-order valence-corrected chi connectivity index (χ2v) is 6.39. The third-order valence-electron chi connectivity index (χ3n) is 3.04. The summed E-state index contributed by atoms with van der Waals surface area (Å²) in [4.78, 5) is 5.73. The van der Waals surface area contributed by atoms with E-state index in [1.807, 2.05) is 24.3 Å². The molecular formula is C17H20N2OS. The second kappa shape index (κ2) is 7.24. The summed E-state index contributed by atoms with van der Waals surface area (Å²) in [5.74, 6) is 1.40. The molecule has 110 valence electrons. The summed E-state index contributed by atoms with van der Waals surface area (Å²) in [6.07, 6.45) is 1.31. The molecule has 0 spiro atoms. The Morgan fingerprint density at radius 3 is 2.57 bits per heavy atom. The second-order valence-electron chi connectivity index (χ2n) is 5.31. The van der Waals surface area contributed by atoms with Gasteiger partial charge in [0, 0.05) is 10.4 Å². The van der Waals surface area contributed by atoms with Crippen molar-refractivity contribution in [2.45, 2.75) is 33.6 Å². The van der Waals surface area contributed by atoms with Gasteiger partial charge in [0.25, 0.3) is 0 Å². The monoisotopic (exact) mass is 300 g/mol. The molecule has 0 fully saturated rings. The summed E-state index contributed by atoms with van der Waals surface area (Å²) >= 11 is 1.61. The van der Waals surface area contributed by atoms with Gasteiger partial charge in [-0.1, -0.05) is 20.8 Å². The third-order valence-corrected chi connectivity index (χ3v) is 4.18. The fraction of sp³-hybridized carbons (Fsp3) is 0.412. The number of rotatable bonds is 6. The lowest BCUT2D eigenvalue weighted by molar-refractivity contribution is 0.271. The molecule has 0 bridgehead atoms. The topological polar surface area (TPSA) is 45.9 Å². The van der Waals surface area contributed by atoms with Crippen LogP contribution >= 0.6 is 11.3 Å². The number of benzene rings is 1. The molecule has 2 aromatic rings. The average Bonchev–Trinajstić information content (AvgIpc) is 2.89. The van der Waals surface area contributed by atoms with Crippen molar-refractivity contribution in [3.63, 3.8) is 0 Å². The van der Waals surface area contributed by atoms with Crippen molar-refractivity contribution in [2.24, 2.45) is 5.92 Å². The molecule has 21 heavy (non-hydrogen) atoms. The Morgan fingerprint density at radius 1 is 1.29 bits per heavy atom. The summed E-state index contributed by atoms with van der Waals surface area (Å²) in [7, 11) is 0. The Morgan fingerprint density at radius 2 is 2.00 bits per heavy atom. The van der Waals surface area contributed by atoms with Crippen LogP contribution in [-0.2, 0) is 12.8 Å². The van der Waals surface area contributed by atoms with Crippen LogP contribution in [0.15, 0.2) is 24.3 Å². The Hall–Kier alpha value is -1.86. The lowest BCUT2D eigenvalue weighted by atomic mass is 10.2. The highest BCUT2D eigenvalue weighted by atomic mass is 32.1. The van der Waals surface area contributed by atoms with Crippen molar-refractivity contribution in [1.82, 2.24) is 4.98 Å². The van der Waals surface area contributed by atoms with Crippen LogP contribution in [-0.4, -0.2) is 11.6 Å². The minimum absolute atomic E-state index is 0.441. The van der Waals surface area contributed by atoms with Gasteiger partial charge in [-0.05, 0) is 36.6 Å². The van der Waals surface area contributed by atoms with E-state index in [1.54, 1.807) is 11.3 Å². The molecule has 1 aromatic heterocycles. The van der Waals surface area contributed by atoms with Crippen molar-refractivity contribution in [3.05, 3.63) is 34.8 Å². The summed E-state index contributed by atoms with van der Waals surface area (Å²) < 4.78 is 5.69. The van der Waals surface area contributed by atoms with Crippen molar-refractivity contribution >= 4 is 11.3 Å². The van der Waals surface area contributed by atoms with Crippen LogP contribution in [0.25, 0.3) is 10.6 Å². The van der Waals surface area contributed by atoms with Gasteiger partial charge in [0.2, 0.25) is 0 Å². The van der Waals surface area contributed by atoms with Gasteiger partial charge in [-0.3, -0.25) is 0 Å². The van der Waals surface area contributed by atoms with E-state index in [9.17, 15) is 0 Å². The van der Waals surface area contributed by atoms with Gasteiger partial charge in [0.15, 0.2) is 0 Å². The zero-order valence-electron chi connectivity index (χ0n) is 12.7. The largest absolute Gasteiger partial charge is 0.493 e. The standard InChI is InChI=1S/C17H20N2OS/c1-4-15-16(9-10-18)21-17(19-15)13-5-7-14(8-6-13)20-11-12(2)3/h5-8,12H,4,9,11H2,1-3H3. The predicted molar refractivity (Wildman–Crippen MR) is 86.6 cm³/mol. The molecule has 4 heteroatoms. The molecule has 1 aromatic carbocycles. The quantitative estimate of drug-likeness (QED) is 0.790. The first kappa shape index (κ1) is 15.5. The van der Waals surface area contributed by atoms with E-state index in [2.05, 4.69) is 31.8 Å². The molecule has 0 aliphatic carbocycles. The minimum Gasteiger partial charge on any atom is -0.493 e. The first-order chi connectivity index (χ1) is 10.1. The molecule has 0 unspecified atom stereocenters. The molecule has 0 radical (unpaired) electrons. The number of hydrogen-bond acceptors (Lipinski definition) is 4. The van der Waals surface area contributed by atoms with Crippen LogP contribution in [0.1, 0.15) is 31.3 Å². The van der Waals surface area contributed by atoms with Crippen molar-refractivity contribution in [2.75, 3.05) is 6.61 Å². The molecule has 0 atom stereocenters. The molecular weight excluding hydrogens is 280 g/mol. The molecule has 1 heterocycles. The molecule has 0 saturated heterocycles. The maximum Gasteiger partial charge on any atom is 0.123 e. The zero-order valence-corrected chi connectivity index (χ0v) is 13.5. The molecule has 3 nitrogen and oxygen atoms in total. The van der Waals surface area contributed by atoms with E-state index in [0.717, 1.165) is 39.9 Å². The van der Waals surface area contributed by atoms with Crippen LogP contribution in [0.3, 0.4) is 0 Å². The number of aryl methyl sites for hydroxylation is 1. The maximum atomic E-state index is 8.87. The van der Waals surface area contributed by atoms with Crippen LogP contribution in [0.2, 0.25) is 0 Å². The van der Waals surface area contributed by atoms with E-state index in [4.69, 9.17) is 10.00 Å². The number of nitrogens with zero attached hydrogens (tertiary/aromatic N) is 2. The van der Waals surface area contributed by atoms with Gasteiger partial charge in [-0.2, -0.15) is 5.26 Å². The average molecular weight is 300 g/mol. The molecule has 0 N–H and O–H groups in total. The highest BCUT2D eigenvalue weighted by Gasteiger charge is 2.11. The van der Waals surface area contributed by atoms with Crippen LogP contribution in [0.5, 0.6) is 5.75 Å². The van der Waals surface area contributed by atoms with Gasteiger partial charge in [0.1, 0.15) is 10.8 Å². The first-order valence-electron chi connectivity index (χ1n) is 7.22. The number of ether oxygens (including phenoxy) is 1. The van der Waals surface area contributed by atoms with Gasteiger partial charge in [-0.15, -0.1) is 11.3 Å². The molecule has 2 rings (SSSR count). The zero-order chi connectivity index (χ0) is 15.2. The maximum absolute atomic E-state index is 8.87. The summed E-state index contributed by atoms with van der Waals surface area (Å²) in [5, 5.41) is 9.85. The molecule has 0 aliphatic heterocycles. The van der Waals surface area contributed by atoms with E-state index < -0.39 is 0 Å². The van der Waals surface area contributed by atoms with Gasteiger partial charge >= 0.3 is 0 Å². The Labute approximate surface area is 130 Å². The summed E-state index contributed by atoms with van der Waals surface area (Å²) in [6, 6.07) is 10.2. The fourth-order valence-corrected chi connectivity index (χ4v) is 3.04. The molecule has 0 saturated carbocycles. The van der Waals surface area contributed by atoms with Crippen LogP contribution in [0, 0.1) is 17.2 Å². The lowest BCUT2D eigenvalue weighted by Gasteiger charge is -2.08. The predicted octanol–water partition coefficient (Wildman–Crippen LogP) is 4.47. The number of nitriles is 1. The Kier molecular flexibility index (Phi) is 5.35. The number of aromatic nitrogens is 1. The summed E-state index contributed by atoms with van der Waals surface area (Å²) in [6.45, 7) is 7.06. The molecule has 0 aliphatic rings. The van der Waals surface area contributed by atoms with Crippen molar-refractivity contribution in [3.8, 4) is 22.4 Å². The molecule has 0 amide bonds. The van der Waals surface area contributed by atoms with Gasteiger partial charge in [0.05, 0.1) is 24.8 Å². The highest BCUT2D eigenvalue weighted by Crippen LogP contribution is 2.30. The fourth-order valence-electron chi connectivity index (χ4n) is 1.95. The van der Waals surface area contributed by atoms with Crippen LogP contribution < -0.4 is 4.74 Å².